The van der Waals surface area contributed by atoms with Crippen LogP contribution in [-0.2, 0) is 5.33 Å². The minimum atomic E-state index is -0.191. The largest absolute Gasteiger partial charge is 0.361 e. The number of nitrogens with one attached hydrogen (secondary N) is 1. The highest BCUT2D eigenvalue weighted by Crippen LogP contribution is 2.24. The van der Waals surface area contributed by atoms with Crippen LogP contribution in [0.4, 0.5) is 4.39 Å². The maximum absolute atomic E-state index is 13.5. The number of benzene rings is 1. The van der Waals surface area contributed by atoms with Crippen molar-refractivity contribution in [2.75, 3.05) is 0 Å². The van der Waals surface area contributed by atoms with Gasteiger partial charge in [-0.3, -0.25) is 0 Å². The standard InChI is InChI=1S/C12H11BrFN/c1-8-2-3-11(14)10(4-8)12-5-9(6-13)7-15-12/h2-5,7,15H,6H2,1H3. The summed E-state index contributed by atoms with van der Waals surface area (Å²) in [5, 5.41) is 0.775. The van der Waals surface area contributed by atoms with Crippen molar-refractivity contribution in [1.82, 2.24) is 4.98 Å². The first-order valence-corrected chi connectivity index (χ1v) is 5.82. The number of aromatic amines is 1. The summed E-state index contributed by atoms with van der Waals surface area (Å²) in [5.74, 6) is -0.191. The summed E-state index contributed by atoms with van der Waals surface area (Å²) >= 11 is 3.36. The van der Waals surface area contributed by atoms with Gasteiger partial charge >= 0.3 is 0 Å². The fraction of sp³-hybridized carbons (Fsp3) is 0.167. The molecule has 0 aliphatic carbocycles. The molecule has 0 fully saturated rings. The normalized spacial score (nSPS) is 10.6. The third-order valence-electron chi connectivity index (χ3n) is 2.31. The third kappa shape index (κ3) is 2.12. The number of alkyl halides is 1. The Kier molecular flexibility index (Phi) is 2.91. The lowest BCUT2D eigenvalue weighted by Crippen LogP contribution is -1.85. The number of H-pyrrole nitrogens is 1. The van der Waals surface area contributed by atoms with Crippen molar-refractivity contribution in [3.05, 3.63) is 47.4 Å². The molecule has 3 heteroatoms. The third-order valence-corrected chi connectivity index (χ3v) is 2.96. The van der Waals surface area contributed by atoms with Crippen molar-refractivity contribution in [3.8, 4) is 11.3 Å². The van der Waals surface area contributed by atoms with E-state index in [-0.39, 0.29) is 5.82 Å². The monoisotopic (exact) mass is 267 g/mol. The summed E-state index contributed by atoms with van der Waals surface area (Å²) in [6, 6.07) is 7.07. The molecule has 0 saturated carbocycles. The van der Waals surface area contributed by atoms with Gasteiger partial charge in [0.25, 0.3) is 0 Å². The second kappa shape index (κ2) is 4.19. The predicted octanol–water partition coefficient (Wildman–Crippen LogP) is 4.02. The van der Waals surface area contributed by atoms with Gasteiger partial charge in [0, 0.05) is 22.8 Å². The number of aromatic nitrogens is 1. The number of halogens is 2. The first-order valence-electron chi connectivity index (χ1n) is 4.70. The van der Waals surface area contributed by atoms with Gasteiger partial charge in [0.2, 0.25) is 0 Å². The summed E-state index contributed by atoms with van der Waals surface area (Å²) in [5.41, 5.74) is 3.63. The van der Waals surface area contributed by atoms with Gasteiger partial charge in [0.1, 0.15) is 5.82 Å². The maximum atomic E-state index is 13.5. The van der Waals surface area contributed by atoms with E-state index in [0.717, 1.165) is 22.2 Å². The minimum Gasteiger partial charge on any atom is -0.361 e. The van der Waals surface area contributed by atoms with Gasteiger partial charge in [0.15, 0.2) is 0 Å². The van der Waals surface area contributed by atoms with E-state index in [4.69, 9.17) is 0 Å². The Hall–Kier alpha value is -1.09. The smallest absolute Gasteiger partial charge is 0.132 e. The molecule has 0 aliphatic heterocycles. The quantitative estimate of drug-likeness (QED) is 0.791. The van der Waals surface area contributed by atoms with Gasteiger partial charge in [-0.15, -0.1) is 0 Å². The Balaban J connectivity index is 2.48. The SMILES string of the molecule is Cc1ccc(F)c(-c2cc(CBr)c[nH]2)c1. The second-order valence-electron chi connectivity index (χ2n) is 3.54. The molecule has 1 N–H and O–H groups in total. The highest BCUT2D eigenvalue weighted by atomic mass is 79.9. The Labute approximate surface area is 96.5 Å². The van der Waals surface area contributed by atoms with Gasteiger partial charge in [-0.05, 0) is 30.7 Å². The van der Waals surface area contributed by atoms with E-state index in [1.165, 1.54) is 6.07 Å². The van der Waals surface area contributed by atoms with Crippen molar-refractivity contribution < 1.29 is 4.39 Å². The lowest BCUT2D eigenvalue weighted by atomic mass is 10.1. The molecule has 0 atom stereocenters. The van der Waals surface area contributed by atoms with E-state index < -0.39 is 0 Å². The van der Waals surface area contributed by atoms with Crippen molar-refractivity contribution in [1.29, 1.82) is 0 Å². The van der Waals surface area contributed by atoms with Crippen LogP contribution in [0.25, 0.3) is 11.3 Å². The zero-order valence-corrected chi connectivity index (χ0v) is 9.94. The lowest BCUT2D eigenvalue weighted by Gasteiger charge is -2.01. The average molecular weight is 268 g/mol. The average Bonchev–Trinajstić information content (AvgIpc) is 2.70. The van der Waals surface area contributed by atoms with Crippen LogP contribution in [0.5, 0.6) is 0 Å². The van der Waals surface area contributed by atoms with Crippen molar-refractivity contribution in [2.24, 2.45) is 0 Å². The van der Waals surface area contributed by atoms with Crippen LogP contribution < -0.4 is 0 Å². The van der Waals surface area contributed by atoms with Crippen LogP contribution in [-0.4, -0.2) is 4.98 Å². The molecule has 1 aromatic carbocycles. The minimum absolute atomic E-state index is 0.191. The molecule has 1 aromatic heterocycles. The summed E-state index contributed by atoms with van der Waals surface area (Å²) in [7, 11) is 0. The first-order chi connectivity index (χ1) is 7.20. The van der Waals surface area contributed by atoms with Crippen LogP contribution in [0.2, 0.25) is 0 Å². The van der Waals surface area contributed by atoms with E-state index in [0.29, 0.717) is 5.56 Å². The molecule has 0 aliphatic rings. The molecule has 1 heterocycles. The lowest BCUT2D eigenvalue weighted by molar-refractivity contribution is 0.630. The van der Waals surface area contributed by atoms with Gasteiger partial charge < -0.3 is 4.98 Å². The Morgan fingerprint density at radius 1 is 1.33 bits per heavy atom. The molecule has 0 unspecified atom stereocenters. The van der Waals surface area contributed by atoms with Gasteiger partial charge in [0.05, 0.1) is 0 Å². The van der Waals surface area contributed by atoms with Crippen molar-refractivity contribution in [2.45, 2.75) is 12.3 Å². The van der Waals surface area contributed by atoms with Crippen LogP contribution >= 0.6 is 15.9 Å². The van der Waals surface area contributed by atoms with E-state index in [1.54, 1.807) is 6.07 Å². The van der Waals surface area contributed by atoms with Crippen LogP contribution in [0.3, 0.4) is 0 Å². The highest BCUT2D eigenvalue weighted by Gasteiger charge is 2.07. The van der Waals surface area contributed by atoms with Gasteiger partial charge in [-0.25, -0.2) is 4.39 Å². The maximum Gasteiger partial charge on any atom is 0.132 e. The van der Waals surface area contributed by atoms with Crippen LogP contribution in [0.1, 0.15) is 11.1 Å². The molecule has 0 radical (unpaired) electrons. The van der Waals surface area contributed by atoms with Crippen LogP contribution in [0, 0.1) is 12.7 Å². The zero-order chi connectivity index (χ0) is 10.8. The molecule has 2 aromatic rings. The summed E-state index contributed by atoms with van der Waals surface area (Å²) in [6.45, 7) is 1.96. The fourth-order valence-corrected chi connectivity index (χ4v) is 1.84. The number of rotatable bonds is 2. The second-order valence-corrected chi connectivity index (χ2v) is 4.10. The Morgan fingerprint density at radius 2 is 2.13 bits per heavy atom. The fourth-order valence-electron chi connectivity index (χ4n) is 1.52. The van der Waals surface area contributed by atoms with Crippen molar-refractivity contribution in [3.63, 3.8) is 0 Å². The summed E-state index contributed by atoms with van der Waals surface area (Å²) in [6.07, 6.45) is 1.88. The predicted molar refractivity (Wildman–Crippen MR) is 63.6 cm³/mol. The number of hydrogen-bond donors (Lipinski definition) is 1. The molecule has 0 saturated heterocycles. The topological polar surface area (TPSA) is 15.8 Å². The number of hydrogen-bond acceptors (Lipinski definition) is 0. The molecular formula is C12H11BrFN. The molecule has 78 valence electrons. The van der Waals surface area contributed by atoms with Gasteiger partial charge in [-0.1, -0.05) is 27.6 Å². The Bertz CT molecular complexity index is 476. The van der Waals surface area contributed by atoms with E-state index in [1.807, 2.05) is 25.3 Å². The van der Waals surface area contributed by atoms with E-state index >= 15 is 0 Å². The molecule has 0 spiro atoms. The molecular weight excluding hydrogens is 257 g/mol. The summed E-state index contributed by atoms with van der Waals surface area (Å²) < 4.78 is 13.5. The zero-order valence-electron chi connectivity index (χ0n) is 8.35. The molecule has 1 nitrogen and oxygen atoms in total. The van der Waals surface area contributed by atoms with E-state index in [9.17, 15) is 4.39 Å². The Morgan fingerprint density at radius 3 is 2.80 bits per heavy atom. The first kappa shape index (κ1) is 10.4. The highest BCUT2D eigenvalue weighted by molar-refractivity contribution is 9.08. The van der Waals surface area contributed by atoms with Gasteiger partial charge in [-0.2, -0.15) is 0 Å². The molecule has 0 bridgehead atoms. The number of aryl methyl sites for hydroxylation is 1. The molecule has 0 amide bonds. The molecule has 15 heavy (non-hydrogen) atoms. The van der Waals surface area contributed by atoms with Crippen LogP contribution in [0.15, 0.2) is 30.5 Å². The van der Waals surface area contributed by atoms with Crippen molar-refractivity contribution >= 4 is 15.9 Å². The molecule has 2 rings (SSSR count). The summed E-state index contributed by atoms with van der Waals surface area (Å²) in [4.78, 5) is 3.07. The van der Waals surface area contributed by atoms with E-state index in [2.05, 4.69) is 20.9 Å².